The number of hydrogen-bond donors (Lipinski definition) is 1. The van der Waals surface area contributed by atoms with Crippen molar-refractivity contribution in [3.8, 4) is 0 Å². The Labute approximate surface area is 166 Å². The summed E-state index contributed by atoms with van der Waals surface area (Å²) in [5.41, 5.74) is 1.41. The first-order valence-corrected chi connectivity index (χ1v) is 8.61. The zero-order valence-corrected chi connectivity index (χ0v) is 17.1. The van der Waals surface area contributed by atoms with E-state index < -0.39 is 0 Å². The molecule has 1 aliphatic heterocycles. The minimum Gasteiger partial charge on any atom is -0.357 e. The number of aliphatic imine (C=N–C) groups is 1. The summed E-state index contributed by atoms with van der Waals surface area (Å²) in [7, 11) is 0. The van der Waals surface area contributed by atoms with Crippen LogP contribution in [0.3, 0.4) is 0 Å². The fraction of sp³-hybridized carbons (Fsp3) is 0.500. The molecule has 2 aromatic rings. The number of likely N-dealkylation sites (tertiary alicyclic amines) is 1. The highest BCUT2D eigenvalue weighted by atomic mass is 127. The third kappa shape index (κ3) is 5.69. The first kappa shape index (κ1) is 19.7. The van der Waals surface area contributed by atoms with E-state index in [4.69, 9.17) is 4.52 Å². The number of aromatic nitrogens is 2. The van der Waals surface area contributed by atoms with Crippen LogP contribution in [-0.4, -0.2) is 40.6 Å². The second kappa shape index (κ2) is 9.74. The summed E-state index contributed by atoms with van der Waals surface area (Å²) in [6, 6.07) is 10.7. The van der Waals surface area contributed by atoms with Crippen molar-refractivity contribution in [1.82, 2.24) is 20.4 Å². The Bertz CT molecular complexity index is 673. The predicted octanol–water partition coefficient (Wildman–Crippen LogP) is 3.03. The summed E-state index contributed by atoms with van der Waals surface area (Å²) in [5.74, 6) is 2.82. The summed E-state index contributed by atoms with van der Waals surface area (Å²) >= 11 is 0. The molecule has 1 saturated heterocycles. The summed E-state index contributed by atoms with van der Waals surface area (Å²) in [5, 5.41) is 7.28. The molecular weight excluding hydrogens is 429 g/mol. The van der Waals surface area contributed by atoms with Gasteiger partial charge in [0.2, 0.25) is 5.89 Å². The lowest BCUT2D eigenvalue weighted by Crippen LogP contribution is -2.40. The van der Waals surface area contributed by atoms with Gasteiger partial charge < -0.3 is 14.7 Å². The third-order valence-electron chi connectivity index (χ3n) is 4.23. The lowest BCUT2D eigenvalue weighted by molar-refractivity contribution is 0.387. The number of halogens is 1. The van der Waals surface area contributed by atoms with Crippen LogP contribution in [-0.2, 0) is 13.0 Å². The largest absolute Gasteiger partial charge is 0.357 e. The first-order chi connectivity index (χ1) is 11.7. The number of guanidine groups is 1. The Balaban J connectivity index is 0.00000225. The molecule has 0 bridgehead atoms. The van der Waals surface area contributed by atoms with Gasteiger partial charge >= 0.3 is 0 Å². The summed E-state index contributed by atoms with van der Waals surface area (Å²) in [4.78, 5) is 11.2. The van der Waals surface area contributed by atoms with E-state index in [1.54, 1.807) is 6.92 Å². The average Bonchev–Trinajstić information content (AvgIpc) is 3.22. The number of nitrogens with zero attached hydrogens (tertiary/aromatic N) is 4. The van der Waals surface area contributed by atoms with Gasteiger partial charge in [0.05, 0.1) is 0 Å². The van der Waals surface area contributed by atoms with Gasteiger partial charge in [-0.2, -0.15) is 4.98 Å². The molecule has 1 aromatic carbocycles. The van der Waals surface area contributed by atoms with Crippen LogP contribution in [0.1, 0.15) is 30.6 Å². The highest BCUT2D eigenvalue weighted by Gasteiger charge is 2.25. The Morgan fingerprint density at radius 3 is 2.84 bits per heavy atom. The van der Waals surface area contributed by atoms with Gasteiger partial charge in [-0.15, -0.1) is 24.0 Å². The van der Waals surface area contributed by atoms with E-state index in [2.05, 4.69) is 62.6 Å². The Morgan fingerprint density at radius 1 is 1.36 bits per heavy atom. The average molecular weight is 455 g/mol. The molecule has 3 rings (SSSR count). The molecule has 0 spiro atoms. The highest BCUT2D eigenvalue weighted by Crippen LogP contribution is 2.21. The molecule has 2 heterocycles. The van der Waals surface area contributed by atoms with Gasteiger partial charge in [0.25, 0.3) is 0 Å². The van der Waals surface area contributed by atoms with E-state index in [0.717, 1.165) is 32.0 Å². The van der Waals surface area contributed by atoms with E-state index in [0.29, 0.717) is 24.2 Å². The zero-order valence-electron chi connectivity index (χ0n) is 14.8. The van der Waals surface area contributed by atoms with Gasteiger partial charge in [0.1, 0.15) is 6.54 Å². The SMILES string of the molecule is CCNC(=NCc1noc(C)n1)N1CCC(Cc2ccccc2)C1.I. The van der Waals surface area contributed by atoms with Gasteiger partial charge in [-0.3, -0.25) is 0 Å². The van der Waals surface area contributed by atoms with Gasteiger partial charge in [0, 0.05) is 26.6 Å². The lowest BCUT2D eigenvalue weighted by Gasteiger charge is -2.21. The Hall–Kier alpha value is -1.64. The van der Waals surface area contributed by atoms with E-state index in [1.165, 1.54) is 12.0 Å². The van der Waals surface area contributed by atoms with E-state index in [9.17, 15) is 0 Å². The standard InChI is InChI=1S/C18H25N5O.HI/c1-3-19-18(20-12-17-21-14(2)24-22-17)23-10-9-16(13-23)11-15-7-5-4-6-8-15;/h4-8,16H,3,9-13H2,1-2H3,(H,19,20);1H. The molecule has 0 amide bonds. The molecule has 6 nitrogen and oxygen atoms in total. The van der Waals surface area contributed by atoms with Crippen molar-refractivity contribution in [2.75, 3.05) is 19.6 Å². The minimum absolute atomic E-state index is 0. The smallest absolute Gasteiger partial charge is 0.223 e. The van der Waals surface area contributed by atoms with Crippen LogP contribution in [0.15, 0.2) is 39.8 Å². The van der Waals surface area contributed by atoms with Crippen LogP contribution < -0.4 is 5.32 Å². The van der Waals surface area contributed by atoms with Crippen molar-refractivity contribution in [2.24, 2.45) is 10.9 Å². The second-order valence-corrected chi connectivity index (χ2v) is 6.19. The monoisotopic (exact) mass is 455 g/mol. The molecule has 7 heteroatoms. The maximum absolute atomic E-state index is 5.00. The van der Waals surface area contributed by atoms with Crippen LogP contribution in [0.25, 0.3) is 0 Å². The molecular formula is C18H26IN5O. The Morgan fingerprint density at radius 2 is 2.16 bits per heavy atom. The van der Waals surface area contributed by atoms with Crippen LogP contribution in [0, 0.1) is 12.8 Å². The molecule has 1 fully saturated rings. The number of benzene rings is 1. The zero-order chi connectivity index (χ0) is 16.8. The van der Waals surface area contributed by atoms with Crippen LogP contribution in [0.4, 0.5) is 0 Å². The third-order valence-corrected chi connectivity index (χ3v) is 4.23. The lowest BCUT2D eigenvalue weighted by atomic mass is 9.99. The van der Waals surface area contributed by atoms with Crippen LogP contribution >= 0.6 is 24.0 Å². The van der Waals surface area contributed by atoms with E-state index in [1.807, 2.05) is 0 Å². The van der Waals surface area contributed by atoms with Crippen molar-refractivity contribution in [3.63, 3.8) is 0 Å². The van der Waals surface area contributed by atoms with Crippen molar-refractivity contribution in [2.45, 2.75) is 33.2 Å². The van der Waals surface area contributed by atoms with Crippen LogP contribution in [0.2, 0.25) is 0 Å². The molecule has 0 saturated carbocycles. The van der Waals surface area contributed by atoms with Gasteiger partial charge in [-0.05, 0) is 31.2 Å². The Kier molecular flexibility index (Phi) is 7.67. The molecule has 1 aliphatic rings. The maximum Gasteiger partial charge on any atom is 0.223 e. The van der Waals surface area contributed by atoms with Crippen molar-refractivity contribution in [1.29, 1.82) is 0 Å². The van der Waals surface area contributed by atoms with Gasteiger partial charge in [-0.25, -0.2) is 4.99 Å². The highest BCUT2D eigenvalue weighted by molar-refractivity contribution is 14.0. The minimum atomic E-state index is 0. The molecule has 1 aromatic heterocycles. The normalized spacial score (nSPS) is 17.4. The van der Waals surface area contributed by atoms with Crippen molar-refractivity contribution >= 4 is 29.9 Å². The summed E-state index contributed by atoms with van der Waals surface area (Å²) in [6.07, 6.45) is 2.32. The maximum atomic E-state index is 5.00. The van der Waals surface area contributed by atoms with E-state index >= 15 is 0 Å². The molecule has 1 unspecified atom stereocenters. The van der Waals surface area contributed by atoms with E-state index in [-0.39, 0.29) is 24.0 Å². The first-order valence-electron chi connectivity index (χ1n) is 8.61. The summed E-state index contributed by atoms with van der Waals surface area (Å²) in [6.45, 7) is 7.25. The van der Waals surface area contributed by atoms with Gasteiger partial charge in [-0.1, -0.05) is 35.5 Å². The fourth-order valence-electron chi connectivity index (χ4n) is 3.12. The molecule has 25 heavy (non-hydrogen) atoms. The number of nitrogens with one attached hydrogen (secondary N) is 1. The topological polar surface area (TPSA) is 66.5 Å². The summed E-state index contributed by atoms with van der Waals surface area (Å²) < 4.78 is 5.00. The van der Waals surface area contributed by atoms with Crippen molar-refractivity contribution < 1.29 is 4.52 Å². The van der Waals surface area contributed by atoms with Gasteiger partial charge in [0.15, 0.2) is 11.8 Å². The number of rotatable bonds is 5. The molecule has 136 valence electrons. The number of aryl methyl sites for hydroxylation is 1. The molecule has 1 N–H and O–H groups in total. The van der Waals surface area contributed by atoms with Crippen LogP contribution in [0.5, 0.6) is 0 Å². The molecule has 1 atom stereocenters. The second-order valence-electron chi connectivity index (χ2n) is 6.19. The van der Waals surface area contributed by atoms with Crippen molar-refractivity contribution in [3.05, 3.63) is 47.6 Å². The number of hydrogen-bond acceptors (Lipinski definition) is 4. The fourth-order valence-corrected chi connectivity index (χ4v) is 3.12. The molecule has 0 aliphatic carbocycles. The predicted molar refractivity (Wildman–Crippen MR) is 109 cm³/mol. The quantitative estimate of drug-likeness (QED) is 0.427. The molecule has 0 radical (unpaired) electrons.